The van der Waals surface area contributed by atoms with Gasteiger partial charge in [0.05, 0.1) is 5.56 Å². The van der Waals surface area contributed by atoms with E-state index in [1.54, 1.807) is 6.07 Å². The number of rotatable bonds is 3. The minimum Gasteiger partial charge on any atom is -0.389 e. The van der Waals surface area contributed by atoms with Crippen molar-refractivity contribution in [3.05, 3.63) is 29.3 Å². The molecule has 0 heterocycles. The lowest BCUT2D eigenvalue weighted by atomic mass is 9.97. The molecule has 0 radical (unpaired) electrons. The van der Waals surface area contributed by atoms with Gasteiger partial charge in [-0.05, 0) is 42.9 Å². The Kier molecular flexibility index (Phi) is 4.46. The van der Waals surface area contributed by atoms with Crippen LogP contribution in [0, 0.1) is 11.8 Å². The van der Waals surface area contributed by atoms with E-state index in [4.69, 9.17) is 18.0 Å². The van der Waals surface area contributed by atoms with Gasteiger partial charge in [0, 0.05) is 17.3 Å². The van der Waals surface area contributed by atoms with Crippen LogP contribution in [-0.4, -0.2) is 11.0 Å². The Hall–Kier alpha value is -1.30. The normalized spacial score (nSPS) is 25.9. The molecular formula is C15H19F3N2S. The van der Waals surface area contributed by atoms with Crippen LogP contribution < -0.4 is 11.1 Å². The smallest absolute Gasteiger partial charge is 0.389 e. The Labute approximate surface area is 127 Å². The van der Waals surface area contributed by atoms with Crippen molar-refractivity contribution in [2.45, 2.75) is 38.9 Å². The van der Waals surface area contributed by atoms with Crippen LogP contribution >= 0.6 is 12.2 Å². The van der Waals surface area contributed by atoms with Crippen molar-refractivity contribution in [1.29, 1.82) is 0 Å². The fourth-order valence-corrected chi connectivity index (χ4v) is 3.04. The van der Waals surface area contributed by atoms with Crippen molar-refractivity contribution in [2.75, 3.05) is 5.32 Å². The first kappa shape index (κ1) is 16.1. The predicted molar refractivity (Wildman–Crippen MR) is 82.3 cm³/mol. The first-order valence-corrected chi connectivity index (χ1v) is 7.38. The Morgan fingerprint density at radius 2 is 1.95 bits per heavy atom. The van der Waals surface area contributed by atoms with Crippen LogP contribution in [-0.2, 0) is 6.18 Å². The first-order chi connectivity index (χ1) is 9.70. The van der Waals surface area contributed by atoms with Crippen molar-refractivity contribution >= 4 is 22.9 Å². The maximum atomic E-state index is 13.1. The summed E-state index contributed by atoms with van der Waals surface area (Å²) in [6.07, 6.45) is -2.40. The van der Waals surface area contributed by atoms with Crippen LogP contribution in [0.1, 0.15) is 37.8 Å². The van der Waals surface area contributed by atoms with E-state index >= 15 is 0 Å². The molecule has 1 aromatic rings. The Balaban J connectivity index is 2.28. The molecule has 0 aliphatic heterocycles. The van der Waals surface area contributed by atoms with Crippen LogP contribution in [0.3, 0.4) is 0 Å². The molecule has 0 spiro atoms. The fourth-order valence-electron chi connectivity index (χ4n) is 2.87. The molecule has 6 heteroatoms. The zero-order valence-electron chi connectivity index (χ0n) is 12.0. The molecule has 21 heavy (non-hydrogen) atoms. The molecule has 1 aliphatic rings. The first-order valence-electron chi connectivity index (χ1n) is 6.97. The number of hydrogen-bond acceptors (Lipinski definition) is 2. The zero-order chi connectivity index (χ0) is 15.8. The topological polar surface area (TPSA) is 38.0 Å². The summed E-state index contributed by atoms with van der Waals surface area (Å²) in [5.74, 6) is 1.02. The standard InChI is InChI=1S/C15H19F3N2S/c1-8-3-6-13(9(8)2)20-10-4-5-11(14(19)21)12(7-10)15(16,17)18/h4-5,7-9,13,20H,3,6H2,1-2H3,(H2,19,21). The second-order valence-corrected chi connectivity index (χ2v) is 6.23. The Bertz CT molecular complexity index is 542. The van der Waals surface area contributed by atoms with Gasteiger partial charge in [0.15, 0.2) is 0 Å². The second kappa shape index (κ2) is 5.83. The van der Waals surface area contributed by atoms with E-state index in [-0.39, 0.29) is 16.6 Å². The van der Waals surface area contributed by atoms with Crippen molar-refractivity contribution < 1.29 is 13.2 Å². The summed E-state index contributed by atoms with van der Waals surface area (Å²) in [6.45, 7) is 4.30. The molecule has 3 N–H and O–H groups in total. The largest absolute Gasteiger partial charge is 0.417 e. The van der Waals surface area contributed by atoms with E-state index in [2.05, 4.69) is 19.2 Å². The lowest BCUT2D eigenvalue weighted by Crippen LogP contribution is -2.25. The maximum Gasteiger partial charge on any atom is 0.417 e. The summed E-state index contributed by atoms with van der Waals surface area (Å²) < 4.78 is 39.3. The molecule has 2 rings (SSSR count). The van der Waals surface area contributed by atoms with Gasteiger partial charge < -0.3 is 11.1 Å². The number of benzene rings is 1. The molecule has 0 aromatic heterocycles. The lowest BCUT2D eigenvalue weighted by Gasteiger charge is -2.22. The van der Waals surface area contributed by atoms with Gasteiger partial charge in [-0.2, -0.15) is 13.2 Å². The SMILES string of the molecule is CC1CCC(Nc2ccc(C(N)=S)c(C(F)(F)F)c2)C1C. The number of nitrogens with two attached hydrogens (primary N) is 1. The van der Waals surface area contributed by atoms with Gasteiger partial charge in [-0.3, -0.25) is 0 Å². The summed E-state index contributed by atoms with van der Waals surface area (Å²) in [4.78, 5) is -0.239. The van der Waals surface area contributed by atoms with Gasteiger partial charge in [0.2, 0.25) is 0 Å². The maximum absolute atomic E-state index is 13.1. The third-order valence-corrected chi connectivity index (χ3v) is 4.63. The molecule has 0 bridgehead atoms. The molecule has 1 saturated carbocycles. The summed E-state index contributed by atoms with van der Waals surface area (Å²) >= 11 is 4.70. The molecule has 116 valence electrons. The van der Waals surface area contributed by atoms with Crippen LogP contribution in [0.15, 0.2) is 18.2 Å². The lowest BCUT2D eigenvalue weighted by molar-refractivity contribution is -0.137. The van der Waals surface area contributed by atoms with Crippen molar-refractivity contribution in [1.82, 2.24) is 0 Å². The van der Waals surface area contributed by atoms with E-state index in [1.807, 2.05) is 0 Å². The van der Waals surface area contributed by atoms with E-state index in [0.29, 0.717) is 17.5 Å². The summed E-state index contributed by atoms with van der Waals surface area (Å²) in [5.41, 5.74) is 4.93. The second-order valence-electron chi connectivity index (χ2n) is 5.79. The average Bonchev–Trinajstić information content (AvgIpc) is 2.69. The minimum absolute atomic E-state index is 0.129. The van der Waals surface area contributed by atoms with Crippen molar-refractivity contribution in [3.63, 3.8) is 0 Å². The molecule has 1 aliphatic carbocycles. The molecule has 0 saturated heterocycles. The van der Waals surface area contributed by atoms with Gasteiger partial charge in [-0.25, -0.2) is 0 Å². The van der Waals surface area contributed by atoms with Gasteiger partial charge in [0.25, 0.3) is 0 Å². The quantitative estimate of drug-likeness (QED) is 0.821. The van der Waals surface area contributed by atoms with E-state index in [9.17, 15) is 13.2 Å². The van der Waals surface area contributed by atoms with Gasteiger partial charge in [0.1, 0.15) is 4.99 Å². The molecule has 1 aromatic carbocycles. The molecular weight excluding hydrogens is 297 g/mol. The number of nitrogens with one attached hydrogen (secondary N) is 1. The summed E-state index contributed by atoms with van der Waals surface area (Å²) in [6, 6.07) is 4.26. The number of alkyl halides is 3. The third kappa shape index (κ3) is 3.48. The highest BCUT2D eigenvalue weighted by molar-refractivity contribution is 7.80. The van der Waals surface area contributed by atoms with Gasteiger partial charge >= 0.3 is 6.18 Å². The zero-order valence-corrected chi connectivity index (χ0v) is 12.8. The highest BCUT2D eigenvalue weighted by Crippen LogP contribution is 2.36. The van der Waals surface area contributed by atoms with Crippen LogP contribution in [0.25, 0.3) is 0 Å². The Morgan fingerprint density at radius 3 is 2.43 bits per heavy atom. The van der Waals surface area contributed by atoms with E-state index in [0.717, 1.165) is 18.9 Å². The van der Waals surface area contributed by atoms with Crippen molar-refractivity contribution in [2.24, 2.45) is 17.6 Å². The molecule has 3 atom stereocenters. The number of hydrogen-bond donors (Lipinski definition) is 2. The molecule has 0 amide bonds. The van der Waals surface area contributed by atoms with Crippen LogP contribution in [0.4, 0.5) is 18.9 Å². The van der Waals surface area contributed by atoms with E-state index < -0.39 is 11.7 Å². The number of thiocarbonyl (C=S) groups is 1. The van der Waals surface area contributed by atoms with E-state index in [1.165, 1.54) is 6.07 Å². The summed E-state index contributed by atoms with van der Waals surface area (Å²) in [5, 5.41) is 3.22. The van der Waals surface area contributed by atoms with Crippen molar-refractivity contribution in [3.8, 4) is 0 Å². The monoisotopic (exact) mass is 316 g/mol. The van der Waals surface area contributed by atoms with Gasteiger partial charge in [-0.15, -0.1) is 0 Å². The molecule has 3 unspecified atom stereocenters. The van der Waals surface area contributed by atoms with Gasteiger partial charge in [-0.1, -0.05) is 26.1 Å². The molecule has 2 nitrogen and oxygen atoms in total. The van der Waals surface area contributed by atoms with Crippen LogP contribution in [0.5, 0.6) is 0 Å². The average molecular weight is 316 g/mol. The number of anilines is 1. The fraction of sp³-hybridized carbons (Fsp3) is 0.533. The predicted octanol–water partition coefficient (Wildman–Crippen LogP) is 4.19. The third-order valence-electron chi connectivity index (χ3n) is 4.41. The number of halogens is 3. The molecule has 1 fully saturated rings. The minimum atomic E-state index is -4.47. The highest BCUT2D eigenvalue weighted by atomic mass is 32.1. The van der Waals surface area contributed by atoms with Crippen LogP contribution in [0.2, 0.25) is 0 Å². The summed E-state index contributed by atoms with van der Waals surface area (Å²) in [7, 11) is 0. The highest BCUT2D eigenvalue weighted by Gasteiger charge is 2.35. The Morgan fingerprint density at radius 1 is 1.29 bits per heavy atom.